The van der Waals surface area contributed by atoms with Gasteiger partial charge in [-0.15, -0.1) is 0 Å². The van der Waals surface area contributed by atoms with Crippen molar-refractivity contribution < 1.29 is 0 Å². The molecule has 0 saturated carbocycles. The van der Waals surface area contributed by atoms with Gasteiger partial charge in [-0.25, -0.2) is 0 Å². The van der Waals surface area contributed by atoms with Crippen LogP contribution in [0.25, 0.3) is 0 Å². The van der Waals surface area contributed by atoms with E-state index in [-0.39, 0.29) is 0 Å². The van der Waals surface area contributed by atoms with E-state index in [1.54, 1.807) is 0 Å². The molecule has 0 N–H and O–H groups in total. The summed E-state index contributed by atoms with van der Waals surface area (Å²) in [6.45, 7) is 1.11. The first kappa shape index (κ1) is 5.84. The summed E-state index contributed by atoms with van der Waals surface area (Å²) < 4.78 is 0. The van der Waals surface area contributed by atoms with Crippen molar-refractivity contribution in [1.29, 1.82) is 0 Å². The molecule has 0 fully saturated rings. The summed E-state index contributed by atoms with van der Waals surface area (Å²) in [5.74, 6) is 0. The van der Waals surface area contributed by atoms with E-state index in [1.807, 2.05) is 0 Å². The number of nitrogens with zero attached hydrogens (tertiary/aromatic N) is 1. The monoisotopic (exact) mass is 229 g/mol. The van der Waals surface area contributed by atoms with Crippen molar-refractivity contribution in [2.45, 2.75) is 10.6 Å². The van der Waals surface area contributed by atoms with E-state index in [9.17, 15) is 0 Å². The summed E-state index contributed by atoms with van der Waals surface area (Å²) >= 11 is 1.93. The molecule has 1 nitrogen and oxygen atoms in total. The average molecular weight is 227 g/mol. The number of hydrogen-bond donors (Lipinski definition) is 0. The molecule has 0 radical (unpaired) electrons. The van der Waals surface area contributed by atoms with Gasteiger partial charge in [0.05, 0.1) is 0 Å². The van der Waals surface area contributed by atoms with Crippen LogP contribution in [0.5, 0.6) is 0 Å². The number of hydrogen-bond acceptors (Lipinski definition) is 1. The van der Waals surface area contributed by atoms with Crippen LogP contribution < -0.4 is 0 Å². The van der Waals surface area contributed by atoms with Crippen LogP contribution in [0.1, 0.15) is 0 Å². The average Bonchev–Trinajstić information content (AvgIpc) is 1.90. The van der Waals surface area contributed by atoms with Gasteiger partial charge in [0.25, 0.3) is 0 Å². The van der Waals surface area contributed by atoms with Crippen LogP contribution in [-0.4, -0.2) is 39.0 Å². The second-order valence-corrected chi connectivity index (χ2v) is 8.88. The van der Waals surface area contributed by atoms with Gasteiger partial charge in [-0.05, 0) is 0 Å². The van der Waals surface area contributed by atoms with Crippen LogP contribution in [0.15, 0.2) is 4.99 Å². The molecule has 0 aromatic rings. The Hall–Kier alpha value is 0.709. The van der Waals surface area contributed by atoms with Crippen molar-refractivity contribution in [2.24, 2.45) is 4.99 Å². The van der Waals surface area contributed by atoms with Crippen LogP contribution >= 0.6 is 0 Å². The summed E-state index contributed by atoms with van der Waals surface area (Å²) in [5.41, 5.74) is 0. The first-order valence-corrected chi connectivity index (χ1v) is 8.98. The van der Waals surface area contributed by atoms with E-state index in [2.05, 4.69) is 11.2 Å². The van der Waals surface area contributed by atoms with Gasteiger partial charge in [0.15, 0.2) is 0 Å². The van der Waals surface area contributed by atoms with Crippen molar-refractivity contribution in [3.63, 3.8) is 0 Å². The topological polar surface area (TPSA) is 12.4 Å². The van der Waals surface area contributed by atoms with Gasteiger partial charge < -0.3 is 0 Å². The summed E-state index contributed by atoms with van der Waals surface area (Å²) in [6.07, 6.45) is 2.09. The zero-order valence-electron chi connectivity index (χ0n) is 3.96. The molecule has 0 aromatic heterocycles. The maximum absolute atomic E-state index is 4.18. The SMILES string of the molecule is C1=NCC[Se][Se]C1. The first-order valence-electron chi connectivity index (χ1n) is 2.23. The fourth-order valence-corrected chi connectivity index (χ4v) is 5.36. The van der Waals surface area contributed by atoms with Gasteiger partial charge in [-0.2, -0.15) is 0 Å². The van der Waals surface area contributed by atoms with Gasteiger partial charge in [-0.1, -0.05) is 0 Å². The minimum absolute atomic E-state index is 0.951. The zero-order valence-corrected chi connectivity index (χ0v) is 7.39. The standard InChI is InChI=1S/C4H7NSe2/c1-3-6-7-4-2-5-1/h1H,2-4H2. The van der Waals surface area contributed by atoms with E-state index in [0.717, 1.165) is 32.8 Å². The van der Waals surface area contributed by atoms with E-state index in [0.29, 0.717) is 0 Å². The molecule has 3 heteroatoms. The normalized spacial score (nSPS) is 21.7. The van der Waals surface area contributed by atoms with Gasteiger partial charge in [0, 0.05) is 0 Å². The van der Waals surface area contributed by atoms with E-state index in [4.69, 9.17) is 0 Å². The Morgan fingerprint density at radius 3 is 3.43 bits per heavy atom. The Morgan fingerprint density at radius 1 is 1.43 bits per heavy atom. The van der Waals surface area contributed by atoms with E-state index < -0.39 is 0 Å². The molecule has 0 saturated heterocycles. The third kappa shape index (κ3) is 2.50. The molecule has 40 valence electrons. The molecule has 0 amide bonds. The van der Waals surface area contributed by atoms with Crippen LogP contribution in [0, 0.1) is 0 Å². The molecule has 1 heterocycles. The summed E-state index contributed by atoms with van der Waals surface area (Å²) in [5, 5.41) is 2.69. The summed E-state index contributed by atoms with van der Waals surface area (Å²) in [4.78, 5) is 4.18. The fourth-order valence-electron chi connectivity index (χ4n) is 0.371. The first-order chi connectivity index (χ1) is 3.50. The molecule has 0 spiro atoms. The van der Waals surface area contributed by atoms with Crippen molar-refractivity contribution >= 4 is 32.5 Å². The molecule has 0 aromatic carbocycles. The molecule has 1 aliphatic rings. The predicted octanol–water partition coefficient (Wildman–Crippen LogP) is 0.231. The quantitative estimate of drug-likeness (QED) is 0.525. The number of rotatable bonds is 0. The molecular formula is C4H7NSe2. The third-order valence-corrected chi connectivity index (χ3v) is 7.46. The Kier molecular flexibility index (Phi) is 3.07. The molecular weight excluding hydrogens is 220 g/mol. The minimum atomic E-state index is 0.951. The van der Waals surface area contributed by atoms with Gasteiger partial charge in [0.1, 0.15) is 0 Å². The molecule has 0 unspecified atom stereocenters. The summed E-state index contributed by atoms with van der Waals surface area (Å²) in [7, 11) is 0. The fraction of sp³-hybridized carbons (Fsp3) is 0.750. The second-order valence-electron chi connectivity index (χ2n) is 1.20. The van der Waals surface area contributed by atoms with E-state index in [1.165, 1.54) is 10.6 Å². The molecule has 7 heavy (non-hydrogen) atoms. The van der Waals surface area contributed by atoms with E-state index >= 15 is 0 Å². The van der Waals surface area contributed by atoms with Crippen LogP contribution in [0.2, 0.25) is 10.6 Å². The van der Waals surface area contributed by atoms with Crippen molar-refractivity contribution in [2.75, 3.05) is 6.54 Å². The second kappa shape index (κ2) is 3.68. The Morgan fingerprint density at radius 2 is 2.43 bits per heavy atom. The van der Waals surface area contributed by atoms with Crippen molar-refractivity contribution in [1.82, 2.24) is 0 Å². The zero-order chi connectivity index (χ0) is 4.95. The number of aliphatic imine (C=N–C) groups is 1. The molecule has 0 aliphatic carbocycles. The molecule has 1 rings (SSSR count). The molecule has 0 atom stereocenters. The third-order valence-electron chi connectivity index (χ3n) is 0.659. The van der Waals surface area contributed by atoms with Crippen LogP contribution in [0.3, 0.4) is 0 Å². The predicted molar refractivity (Wildman–Crippen MR) is 34.5 cm³/mol. The Labute approximate surface area is 54.8 Å². The maximum atomic E-state index is 4.18. The van der Waals surface area contributed by atoms with Crippen molar-refractivity contribution in [3.8, 4) is 0 Å². The van der Waals surface area contributed by atoms with Crippen molar-refractivity contribution in [3.05, 3.63) is 0 Å². The van der Waals surface area contributed by atoms with Crippen LogP contribution in [0.4, 0.5) is 0 Å². The molecule has 0 bridgehead atoms. The summed E-state index contributed by atoms with van der Waals surface area (Å²) in [6, 6.07) is 0. The van der Waals surface area contributed by atoms with Gasteiger partial charge in [0.2, 0.25) is 0 Å². The van der Waals surface area contributed by atoms with Gasteiger partial charge >= 0.3 is 54.7 Å². The van der Waals surface area contributed by atoms with Crippen LogP contribution in [-0.2, 0) is 0 Å². The Bertz CT molecular complexity index is 64.1. The molecule has 1 aliphatic heterocycles. The van der Waals surface area contributed by atoms with Gasteiger partial charge in [-0.3, -0.25) is 0 Å². The Balaban J connectivity index is 2.20.